The summed E-state index contributed by atoms with van der Waals surface area (Å²) in [5.41, 5.74) is 0.555. The van der Waals surface area contributed by atoms with Crippen molar-refractivity contribution in [3.05, 3.63) is 34.9 Å². The summed E-state index contributed by atoms with van der Waals surface area (Å²) in [6.07, 6.45) is 0.618. The molecule has 7 heteroatoms. The van der Waals surface area contributed by atoms with E-state index in [2.05, 4.69) is 5.32 Å². The molecule has 0 saturated carbocycles. The average Bonchev–Trinajstić information content (AvgIpc) is 2.93. The van der Waals surface area contributed by atoms with Crippen molar-refractivity contribution >= 4 is 29.3 Å². The second-order valence-electron chi connectivity index (χ2n) is 4.99. The number of nitriles is 1. The Morgan fingerprint density at radius 1 is 1.38 bits per heavy atom. The minimum atomic E-state index is -0.500. The smallest absolute Gasteiger partial charge is 0.264 e. The van der Waals surface area contributed by atoms with Gasteiger partial charge in [-0.2, -0.15) is 5.26 Å². The fourth-order valence-corrected chi connectivity index (χ4v) is 3.53. The van der Waals surface area contributed by atoms with Crippen LogP contribution in [0.15, 0.2) is 34.9 Å². The van der Waals surface area contributed by atoms with Gasteiger partial charge in [0.2, 0.25) is 5.91 Å². The molecule has 0 aromatic heterocycles. The van der Waals surface area contributed by atoms with E-state index >= 15 is 0 Å². The second kappa shape index (κ2) is 7.88. The Kier molecular flexibility index (Phi) is 5.88. The van der Waals surface area contributed by atoms with Gasteiger partial charge in [-0.25, -0.2) is 0 Å². The molecule has 1 aromatic carbocycles. The second-order valence-corrected chi connectivity index (χ2v) is 6.18. The van der Waals surface area contributed by atoms with Crippen molar-refractivity contribution in [3.63, 3.8) is 0 Å². The SMILES string of the molecule is CCOc1ccc(N2C(=O)C(CC)S/C2=C(/C#N)C(=O)NC)cc1. The monoisotopic (exact) mass is 345 g/mol. The number of nitrogens with zero attached hydrogens (tertiary/aromatic N) is 2. The molecule has 2 amide bonds. The van der Waals surface area contributed by atoms with Gasteiger partial charge in [0, 0.05) is 12.7 Å². The van der Waals surface area contributed by atoms with E-state index in [-0.39, 0.29) is 16.7 Å². The summed E-state index contributed by atoms with van der Waals surface area (Å²) in [6, 6.07) is 8.95. The summed E-state index contributed by atoms with van der Waals surface area (Å²) < 4.78 is 5.41. The molecule has 0 aliphatic carbocycles. The molecular formula is C17H19N3O3S. The van der Waals surface area contributed by atoms with Crippen molar-refractivity contribution in [2.45, 2.75) is 25.5 Å². The number of carbonyl (C=O) groups excluding carboxylic acids is 2. The third-order valence-corrected chi connectivity index (χ3v) is 4.94. The molecule has 1 atom stereocenters. The highest BCUT2D eigenvalue weighted by Crippen LogP contribution is 2.42. The van der Waals surface area contributed by atoms with Gasteiger partial charge in [-0.1, -0.05) is 18.7 Å². The van der Waals surface area contributed by atoms with Gasteiger partial charge in [-0.15, -0.1) is 0 Å². The van der Waals surface area contributed by atoms with Crippen LogP contribution in [0, 0.1) is 11.3 Å². The van der Waals surface area contributed by atoms with Gasteiger partial charge in [0.25, 0.3) is 5.91 Å². The molecule has 1 fully saturated rings. The first-order valence-corrected chi connectivity index (χ1v) is 8.55. The topological polar surface area (TPSA) is 82.4 Å². The molecule has 1 heterocycles. The zero-order valence-corrected chi connectivity index (χ0v) is 14.6. The van der Waals surface area contributed by atoms with Gasteiger partial charge in [0.1, 0.15) is 22.4 Å². The van der Waals surface area contributed by atoms with Crippen molar-refractivity contribution in [1.29, 1.82) is 5.26 Å². The van der Waals surface area contributed by atoms with Crippen LogP contribution < -0.4 is 15.0 Å². The molecule has 126 valence electrons. The largest absolute Gasteiger partial charge is 0.494 e. The number of carbonyl (C=O) groups is 2. The molecule has 1 N–H and O–H groups in total. The number of likely N-dealkylation sites (N-methyl/N-ethyl adjacent to an activating group) is 1. The van der Waals surface area contributed by atoms with Crippen LogP contribution in [0.4, 0.5) is 5.69 Å². The van der Waals surface area contributed by atoms with Crippen molar-refractivity contribution < 1.29 is 14.3 Å². The number of anilines is 1. The standard InChI is InChI=1S/C17H19N3O3S/c1-4-14-16(22)20(11-6-8-12(9-7-11)23-5-2)17(24-14)13(10-18)15(21)19-3/h6-9,14H,4-5H2,1-3H3,(H,19,21)/b17-13-. The van der Waals surface area contributed by atoms with Gasteiger partial charge < -0.3 is 10.1 Å². The number of amides is 2. The third-order valence-electron chi connectivity index (χ3n) is 3.51. The van der Waals surface area contributed by atoms with Crippen LogP contribution in [0.5, 0.6) is 5.75 Å². The Morgan fingerprint density at radius 2 is 2.04 bits per heavy atom. The molecule has 1 aliphatic rings. The van der Waals surface area contributed by atoms with Crippen LogP contribution in [-0.4, -0.2) is 30.7 Å². The van der Waals surface area contributed by atoms with E-state index in [1.54, 1.807) is 24.3 Å². The van der Waals surface area contributed by atoms with E-state index in [1.165, 1.54) is 23.7 Å². The maximum Gasteiger partial charge on any atom is 0.264 e. The molecule has 1 saturated heterocycles. The fourth-order valence-electron chi connectivity index (χ4n) is 2.33. The minimum absolute atomic E-state index is 0.0549. The summed E-state index contributed by atoms with van der Waals surface area (Å²) in [6.45, 7) is 4.35. The quantitative estimate of drug-likeness (QED) is 0.655. The molecule has 0 spiro atoms. The van der Waals surface area contributed by atoms with Crippen LogP contribution in [0.2, 0.25) is 0 Å². The maximum absolute atomic E-state index is 12.7. The highest BCUT2D eigenvalue weighted by molar-refractivity contribution is 8.05. The lowest BCUT2D eigenvalue weighted by Crippen LogP contribution is -2.30. The first kappa shape index (κ1) is 17.9. The Balaban J connectivity index is 2.50. The predicted molar refractivity (Wildman–Crippen MR) is 93.5 cm³/mol. The van der Waals surface area contributed by atoms with Crippen LogP contribution >= 0.6 is 11.8 Å². The van der Waals surface area contributed by atoms with E-state index in [4.69, 9.17) is 4.74 Å². The molecular weight excluding hydrogens is 326 g/mol. The molecule has 1 aromatic rings. The highest BCUT2D eigenvalue weighted by atomic mass is 32.2. The molecule has 6 nitrogen and oxygen atoms in total. The van der Waals surface area contributed by atoms with Gasteiger partial charge in [-0.3, -0.25) is 14.5 Å². The first-order chi connectivity index (χ1) is 11.6. The Hall–Kier alpha value is -2.46. The van der Waals surface area contributed by atoms with Gasteiger partial charge in [0.15, 0.2) is 0 Å². The minimum Gasteiger partial charge on any atom is -0.494 e. The van der Waals surface area contributed by atoms with E-state index in [0.717, 1.165) is 0 Å². The average molecular weight is 345 g/mol. The lowest BCUT2D eigenvalue weighted by Gasteiger charge is -2.18. The summed E-state index contributed by atoms with van der Waals surface area (Å²) in [4.78, 5) is 26.1. The number of hydrogen-bond donors (Lipinski definition) is 1. The first-order valence-electron chi connectivity index (χ1n) is 7.67. The van der Waals surface area contributed by atoms with Gasteiger partial charge in [0.05, 0.1) is 11.9 Å². The Labute approximate surface area is 145 Å². The van der Waals surface area contributed by atoms with E-state index in [1.807, 2.05) is 19.9 Å². The van der Waals surface area contributed by atoms with E-state index in [9.17, 15) is 14.9 Å². The maximum atomic E-state index is 12.7. The fraction of sp³-hybridized carbons (Fsp3) is 0.353. The summed E-state index contributed by atoms with van der Waals surface area (Å²) in [7, 11) is 1.46. The van der Waals surface area contributed by atoms with Crippen LogP contribution in [0.25, 0.3) is 0 Å². The van der Waals surface area contributed by atoms with Crippen molar-refractivity contribution in [3.8, 4) is 11.8 Å². The van der Waals surface area contributed by atoms with Crippen molar-refractivity contribution in [1.82, 2.24) is 5.32 Å². The van der Waals surface area contributed by atoms with Gasteiger partial charge in [-0.05, 0) is 37.6 Å². The van der Waals surface area contributed by atoms with Gasteiger partial charge >= 0.3 is 0 Å². The summed E-state index contributed by atoms with van der Waals surface area (Å²) >= 11 is 1.25. The summed E-state index contributed by atoms with van der Waals surface area (Å²) in [5.74, 6) is 0.0729. The number of nitrogens with one attached hydrogen (secondary N) is 1. The molecule has 1 unspecified atom stereocenters. The van der Waals surface area contributed by atoms with E-state index < -0.39 is 5.91 Å². The van der Waals surface area contributed by atoms with Crippen LogP contribution in [-0.2, 0) is 9.59 Å². The van der Waals surface area contributed by atoms with Crippen LogP contribution in [0.3, 0.4) is 0 Å². The molecule has 24 heavy (non-hydrogen) atoms. The molecule has 2 rings (SSSR count). The predicted octanol–water partition coefficient (Wildman–Crippen LogP) is 2.42. The molecule has 1 aliphatic heterocycles. The van der Waals surface area contributed by atoms with Crippen molar-refractivity contribution in [2.24, 2.45) is 0 Å². The van der Waals surface area contributed by atoms with Crippen molar-refractivity contribution in [2.75, 3.05) is 18.6 Å². The lowest BCUT2D eigenvalue weighted by atomic mass is 10.2. The molecule has 0 radical (unpaired) electrons. The number of thioether (sulfide) groups is 1. The zero-order valence-electron chi connectivity index (χ0n) is 13.8. The highest BCUT2D eigenvalue weighted by Gasteiger charge is 2.39. The third kappa shape index (κ3) is 3.39. The van der Waals surface area contributed by atoms with Crippen LogP contribution in [0.1, 0.15) is 20.3 Å². The number of hydrogen-bond acceptors (Lipinski definition) is 5. The number of benzene rings is 1. The Bertz CT molecular complexity index is 707. The Morgan fingerprint density at radius 3 is 2.54 bits per heavy atom. The summed E-state index contributed by atoms with van der Waals surface area (Å²) in [5, 5.41) is 11.9. The molecule has 0 bridgehead atoms. The normalized spacial score (nSPS) is 19.0. The number of ether oxygens (including phenoxy) is 1. The lowest BCUT2D eigenvalue weighted by molar-refractivity contribution is -0.117. The number of rotatable bonds is 5. The zero-order chi connectivity index (χ0) is 17.7. The van der Waals surface area contributed by atoms with E-state index in [0.29, 0.717) is 29.5 Å².